The highest BCUT2D eigenvalue weighted by Crippen LogP contribution is 1.74. The van der Waals surface area contributed by atoms with Crippen molar-refractivity contribution in [2.24, 2.45) is 0 Å². The summed E-state index contributed by atoms with van der Waals surface area (Å²) in [6, 6.07) is 0. The van der Waals surface area contributed by atoms with Gasteiger partial charge in [-0.25, -0.2) is 4.79 Å². The Morgan fingerprint density at radius 2 is 1.80 bits per heavy atom. The normalized spacial score (nSPS) is 5.00. The first-order valence-electron chi connectivity index (χ1n) is 0.617. The zero-order chi connectivity index (χ0) is 3.58. The molecule has 0 fully saturated rings. The molecule has 0 spiro atoms. The van der Waals surface area contributed by atoms with Crippen LogP contribution in [-0.2, 0) is 0 Å². The molecule has 0 unspecified atom stereocenters. The van der Waals surface area contributed by atoms with Gasteiger partial charge in [-0.15, -0.1) is 0 Å². The number of carboxylic acid groups (broad SMARTS) is 1. The van der Waals surface area contributed by atoms with Gasteiger partial charge in [-0.1, -0.05) is 7.43 Å². The van der Waals surface area contributed by atoms with Gasteiger partial charge in [0.2, 0.25) is 0 Å². The van der Waals surface area contributed by atoms with Crippen molar-refractivity contribution in [2.75, 3.05) is 0 Å². The van der Waals surface area contributed by atoms with Crippen molar-refractivity contribution in [3.63, 3.8) is 0 Å². The first-order valence-corrected chi connectivity index (χ1v) is 1.41. The highest BCUT2D eigenvalue weighted by molar-refractivity contribution is 9.18. The zero-order valence-corrected chi connectivity index (χ0v) is 3.32. The molecule has 0 saturated carbocycles. The van der Waals surface area contributed by atoms with E-state index >= 15 is 0 Å². The lowest BCUT2D eigenvalue weighted by Crippen LogP contribution is -1.65. The van der Waals surface area contributed by atoms with Gasteiger partial charge < -0.3 is 5.11 Å². The highest BCUT2D eigenvalue weighted by Gasteiger charge is 1.70. The Balaban J connectivity index is 0. The Morgan fingerprint density at radius 1 is 1.80 bits per heavy atom. The molecule has 0 heterocycles. The molecule has 0 saturated heterocycles. The molecule has 32 valence electrons. The summed E-state index contributed by atoms with van der Waals surface area (Å²) in [6.07, 6.45) is 0. The van der Waals surface area contributed by atoms with Crippen molar-refractivity contribution in [1.29, 1.82) is 0 Å². The molecular weight excluding hydrogens is 136 g/mol. The number of hydrogen-bond donors (Lipinski definition) is 1. The summed E-state index contributed by atoms with van der Waals surface area (Å²) in [5.41, 5.74) is 0. The molecule has 3 heteroatoms. The molecule has 0 aromatic carbocycles. The molecule has 0 amide bonds. The third-order valence-electron chi connectivity index (χ3n) is 0. The van der Waals surface area contributed by atoms with Crippen LogP contribution in [0.2, 0.25) is 0 Å². The zero-order valence-electron chi connectivity index (χ0n) is 1.73. The van der Waals surface area contributed by atoms with Gasteiger partial charge in [-0.2, -0.15) is 0 Å². The number of carbonyl (C=O) groups is 1. The third kappa shape index (κ3) is 6010. The SMILES string of the molecule is C.O=C(O)Br. The molecule has 0 bridgehead atoms. The lowest BCUT2D eigenvalue weighted by Gasteiger charge is -1.56. The fourth-order valence-electron chi connectivity index (χ4n) is 0. The lowest BCUT2D eigenvalue weighted by molar-refractivity contribution is 0.223. The molecule has 1 N–H and O–H groups in total. The van der Waals surface area contributed by atoms with Crippen molar-refractivity contribution in [1.82, 2.24) is 0 Å². The predicted octanol–water partition coefficient (Wildman–Crippen LogP) is 1.70. The average Bonchev–Trinajstić information content (AvgIpc) is 0.811. The van der Waals surface area contributed by atoms with E-state index in [1.54, 1.807) is 0 Å². The number of halogens is 1. The minimum Gasteiger partial charge on any atom is -0.473 e. The van der Waals surface area contributed by atoms with Gasteiger partial charge in [-0.3, -0.25) is 0 Å². The van der Waals surface area contributed by atoms with Gasteiger partial charge in [0, 0.05) is 15.9 Å². The Labute approximate surface area is 38.9 Å². The molecule has 0 aromatic rings. The topological polar surface area (TPSA) is 37.3 Å². The van der Waals surface area contributed by atoms with E-state index in [0.29, 0.717) is 0 Å². The predicted molar refractivity (Wildman–Crippen MR) is 23.7 cm³/mol. The van der Waals surface area contributed by atoms with Crippen LogP contribution in [-0.4, -0.2) is 9.99 Å². The fourth-order valence-corrected chi connectivity index (χ4v) is 0. The summed E-state index contributed by atoms with van der Waals surface area (Å²) < 4.78 is 0. The average molecular weight is 141 g/mol. The first kappa shape index (κ1) is 8.87. The highest BCUT2D eigenvalue weighted by atomic mass is 79.9. The molecule has 0 aliphatic carbocycles. The van der Waals surface area contributed by atoms with E-state index in [0.717, 1.165) is 0 Å². The van der Waals surface area contributed by atoms with E-state index in [9.17, 15) is 0 Å². The molecule has 0 aliphatic heterocycles. The monoisotopic (exact) mass is 140 g/mol. The van der Waals surface area contributed by atoms with Crippen molar-refractivity contribution >= 4 is 20.8 Å². The molecule has 0 aromatic heterocycles. The Bertz CT molecular complexity index is 30.6. The summed E-state index contributed by atoms with van der Waals surface area (Å²) in [7, 11) is 0. The van der Waals surface area contributed by atoms with E-state index in [4.69, 9.17) is 9.90 Å². The minimum absolute atomic E-state index is 0. The van der Waals surface area contributed by atoms with Crippen LogP contribution in [0.4, 0.5) is 4.79 Å². The third-order valence-corrected chi connectivity index (χ3v) is 0. The van der Waals surface area contributed by atoms with Crippen LogP contribution in [0.15, 0.2) is 0 Å². The molecule has 0 aliphatic rings. The van der Waals surface area contributed by atoms with Crippen molar-refractivity contribution < 1.29 is 9.90 Å². The van der Waals surface area contributed by atoms with Crippen molar-refractivity contribution in [3.8, 4) is 0 Å². The van der Waals surface area contributed by atoms with Gasteiger partial charge in [0.1, 0.15) is 0 Å². The largest absolute Gasteiger partial charge is 0.473 e. The molecule has 0 rings (SSSR count). The van der Waals surface area contributed by atoms with E-state index in [1.807, 2.05) is 0 Å². The van der Waals surface area contributed by atoms with Crippen LogP contribution in [0.25, 0.3) is 0 Å². The van der Waals surface area contributed by atoms with Gasteiger partial charge in [0.25, 0.3) is 0 Å². The van der Waals surface area contributed by atoms with E-state index in [1.165, 1.54) is 0 Å². The quantitative estimate of drug-likeness (QED) is 0.521. The van der Waals surface area contributed by atoms with Crippen molar-refractivity contribution in [3.05, 3.63) is 0 Å². The summed E-state index contributed by atoms with van der Waals surface area (Å²) in [4.78, 5) is 7.90. The smallest absolute Gasteiger partial charge is 0.372 e. The maximum absolute atomic E-state index is 8.92. The second-order valence-corrected chi connectivity index (χ2v) is 0.931. The Morgan fingerprint density at radius 3 is 1.80 bits per heavy atom. The summed E-state index contributed by atoms with van der Waals surface area (Å²) in [5.74, 6) is 0. The van der Waals surface area contributed by atoms with Crippen molar-refractivity contribution in [2.45, 2.75) is 7.43 Å². The van der Waals surface area contributed by atoms with Crippen LogP contribution in [0, 0.1) is 0 Å². The minimum atomic E-state index is -1.02. The second kappa shape index (κ2) is 3.95. The summed E-state index contributed by atoms with van der Waals surface area (Å²) in [6.45, 7) is 0. The Kier molecular flexibility index (Phi) is 7.01. The fraction of sp³-hybridized carbons (Fsp3) is 0.500. The number of hydrogen-bond acceptors (Lipinski definition) is 1. The van der Waals surface area contributed by atoms with Crippen LogP contribution in [0.3, 0.4) is 0 Å². The van der Waals surface area contributed by atoms with E-state index in [-0.39, 0.29) is 7.43 Å². The standard InChI is InChI=1S/CHBrO2.CH4/c2-1(3)4;/h(H,3,4);1H4. The van der Waals surface area contributed by atoms with E-state index in [2.05, 4.69) is 15.9 Å². The Hall–Kier alpha value is -0.0500. The maximum atomic E-state index is 8.92. The van der Waals surface area contributed by atoms with Crippen LogP contribution >= 0.6 is 15.9 Å². The van der Waals surface area contributed by atoms with Gasteiger partial charge in [0.05, 0.1) is 0 Å². The second-order valence-electron chi connectivity index (χ2n) is 0.253. The molecular formula is C2H5BrO2. The van der Waals surface area contributed by atoms with Gasteiger partial charge in [0.15, 0.2) is 0 Å². The van der Waals surface area contributed by atoms with Gasteiger partial charge >= 0.3 is 4.88 Å². The summed E-state index contributed by atoms with van der Waals surface area (Å²) in [5, 5.41) is 7.33. The molecule has 2 nitrogen and oxygen atoms in total. The number of rotatable bonds is 0. The van der Waals surface area contributed by atoms with Crippen LogP contribution in [0.1, 0.15) is 7.43 Å². The summed E-state index contributed by atoms with van der Waals surface area (Å²) >= 11 is 2.19. The first-order chi connectivity index (χ1) is 1.73. The molecule has 0 radical (unpaired) electrons. The maximum Gasteiger partial charge on any atom is 0.372 e. The van der Waals surface area contributed by atoms with Gasteiger partial charge in [-0.05, 0) is 0 Å². The lowest BCUT2D eigenvalue weighted by atomic mass is 11.7. The van der Waals surface area contributed by atoms with Crippen LogP contribution in [0.5, 0.6) is 0 Å². The van der Waals surface area contributed by atoms with Crippen LogP contribution < -0.4 is 0 Å². The molecule has 5 heavy (non-hydrogen) atoms. The van der Waals surface area contributed by atoms with E-state index < -0.39 is 4.88 Å². The molecule has 0 atom stereocenters.